The predicted octanol–water partition coefficient (Wildman–Crippen LogP) is 2.46. The van der Waals surface area contributed by atoms with E-state index in [4.69, 9.17) is 4.74 Å². The van der Waals surface area contributed by atoms with E-state index in [1.807, 2.05) is 25.1 Å². The minimum absolute atomic E-state index is 0.197. The van der Waals surface area contributed by atoms with Crippen molar-refractivity contribution in [2.45, 2.75) is 20.8 Å². The van der Waals surface area contributed by atoms with Gasteiger partial charge in [0, 0.05) is 31.7 Å². The predicted molar refractivity (Wildman–Crippen MR) is 89.8 cm³/mol. The summed E-state index contributed by atoms with van der Waals surface area (Å²) in [5.41, 5.74) is 1.82. The molecule has 1 aliphatic rings. The second-order valence-corrected chi connectivity index (χ2v) is 6.69. The molecule has 22 heavy (non-hydrogen) atoms. The lowest BCUT2D eigenvalue weighted by Gasteiger charge is -2.31. The van der Waals surface area contributed by atoms with Crippen molar-refractivity contribution >= 4 is 5.78 Å². The van der Waals surface area contributed by atoms with Crippen LogP contribution in [0.15, 0.2) is 18.2 Å². The summed E-state index contributed by atoms with van der Waals surface area (Å²) >= 11 is 0. The summed E-state index contributed by atoms with van der Waals surface area (Å²) in [6.45, 7) is 11.5. The molecule has 122 valence electrons. The number of aryl methyl sites for hydroxylation is 1. The molecule has 1 aromatic carbocycles. The Hall–Kier alpha value is -1.39. The highest BCUT2D eigenvalue weighted by Crippen LogP contribution is 2.20. The van der Waals surface area contributed by atoms with Gasteiger partial charge in [0.15, 0.2) is 5.78 Å². The van der Waals surface area contributed by atoms with Gasteiger partial charge < -0.3 is 9.64 Å². The Morgan fingerprint density at radius 3 is 2.50 bits per heavy atom. The molecule has 4 heteroatoms. The average molecular weight is 304 g/mol. The van der Waals surface area contributed by atoms with Gasteiger partial charge in [-0.15, -0.1) is 0 Å². The molecule has 4 nitrogen and oxygen atoms in total. The van der Waals surface area contributed by atoms with Crippen molar-refractivity contribution in [3.05, 3.63) is 29.3 Å². The van der Waals surface area contributed by atoms with Crippen LogP contribution in [0, 0.1) is 12.8 Å². The van der Waals surface area contributed by atoms with Gasteiger partial charge in [-0.1, -0.05) is 13.8 Å². The first-order chi connectivity index (χ1) is 10.5. The highest BCUT2D eigenvalue weighted by Gasteiger charge is 2.18. The standard InChI is InChI=1S/C18H28N2O2/c1-14(2)13-22-18-6-5-16(11-15(18)3)17(21)12-20-9-7-19(4)8-10-20/h5-6,11,14H,7-10,12-13H2,1-4H3. The number of hydrogen-bond donors (Lipinski definition) is 0. The number of carbonyl (C=O) groups excluding carboxylic acids is 1. The fourth-order valence-corrected chi connectivity index (χ4v) is 2.54. The number of likely N-dealkylation sites (N-methyl/N-ethyl adjacent to an activating group) is 1. The van der Waals surface area contributed by atoms with Crippen molar-refractivity contribution in [3.8, 4) is 5.75 Å². The molecule has 0 aliphatic carbocycles. The van der Waals surface area contributed by atoms with Crippen molar-refractivity contribution in [1.82, 2.24) is 9.80 Å². The third-order valence-corrected chi connectivity index (χ3v) is 4.03. The smallest absolute Gasteiger partial charge is 0.176 e. The molecule has 1 aliphatic heterocycles. The maximum absolute atomic E-state index is 12.4. The molecule has 0 amide bonds. The van der Waals surface area contributed by atoms with Crippen molar-refractivity contribution in [3.63, 3.8) is 0 Å². The lowest BCUT2D eigenvalue weighted by Crippen LogP contribution is -2.46. The summed E-state index contributed by atoms with van der Waals surface area (Å²) in [5, 5.41) is 0. The molecule has 2 rings (SSSR count). The summed E-state index contributed by atoms with van der Waals surface area (Å²) in [4.78, 5) is 17.0. The van der Waals surface area contributed by atoms with Gasteiger partial charge in [0.2, 0.25) is 0 Å². The molecule has 1 heterocycles. The molecule has 0 unspecified atom stereocenters. The summed E-state index contributed by atoms with van der Waals surface area (Å²) < 4.78 is 5.77. The van der Waals surface area contributed by atoms with E-state index in [2.05, 4.69) is 30.7 Å². The summed E-state index contributed by atoms with van der Waals surface area (Å²) in [6, 6.07) is 5.77. The molecule has 0 radical (unpaired) electrons. The number of carbonyl (C=O) groups is 1. The number of ether oxygens (including phenoxy) is 1. The van der Waals surface area contributed by atoms with Gasteiger partial charge in [-0.05, 0) is 43.7 Å². The molecule has 0 saturated carbocycles. The topological polar surface area (TPSA) is 32.8 Å². The zero-order valence-electron chi connectivity index (χ0n) is 14.3. The van der Waals surface area contributed by atoms with E-state index in [0.29, 0.717) is 19.1 Å². The minimum Gasteiger partial charge on any atom is -0.493 e. The fraction of sp³-hybridized carbons (Fsp3) is 0.611. The largest absolute Gasteiger partial charge is 0.493 e. The molecule has 0 N–H and O–H groups in total. The molecular weight excluding hydrogens is 276 g/mol. The van der Waals surface area contributed by atoms with Crippen LogP contribution in [0.2, 0.25) is 0 Å². The van der Waals surface area contributed by atoms with E-state index in [-0.39, 0.29) is 5.78 Å². The molecule has 0 aromatic heterocycles. The van der Waals surface area contributed by atoms with Gasteiger partial charge >= 0.3 is 0 Å². The summed E-state index contributed by atoms with van der Waals surface area (Å²) in [6.07, 6.45) is 0. The van der Waals surface area contributed by atoms with Gasteiger partial charge in [-0.2, -0.15) is 0 Å². The fourth-order valence-electron chi connectivity index (χ4n) is 2.54. The highest BCUT2D eigenvalue weighted by molar-refractivity contribution is 5.98. The molecule has 1 aromatic rings. The minimum atomic E-state index is 0.197. The van der Waals surface area contributed by atoms with E-state index in [1.165, 1.54) is 0 Å². The van der Waals surface area contributed by atoms with Crippen molar-refractivity contribution in [2.24, 2.45) is 5.92 Å². The van der Waals surface area contributed by atoms with Crippen molar-refractivity contribution in [2.75, 3.05) is 46.4 Å². The SMILES string of the molecule is Cc1cc(C(=O)CN2CCN(C)CC2)ccc1OCC(C)C. The van der Waals surface area contributed by atoms with E-state index in [1.54, 1.807) is 0 Å². The normalized spacial score (nSPS) is 17.0. The number of ketones is 1. The van der Waals surface area contributed by atoms with E-state index >= 15 is 0 Å². The Bertz CT molecular complexity index is 506. The van der Waals surface area contributed by atoms with E-state index in [9.17, 15) is 4.79 Å². The Morgan fingerprint density at radius 1 is 1.23 bits per heavy atom. The second kappa shape index (κ2) is 7.75. The first-order valence-electron chi connectivity index (χ1n) is 8.13. The van der Waals surface area contributed by atoms with Crippen LogP contribution in [0.25, 0.3) is 0 Å². The number of benzene rings is 1. The first-order valence-corrected chi connectivity index (χ1v) is 8.13. The number of Topliss-reactive ketones (excluding diaryl/α,β-unsaturated/α-hetero) is 1. The first kappa shape index (κ1) is 17.0. The zero-order chi connectivity index (χ0) is 16.1. The van der Waals surface area contributed by atoms with Crippen LogP contribution in [0.1, 0.15) is 29.8 Å². The monoisotopic (exact) mass is 304 g/mol. The van der Waals surface area contributed by atoms with Gasteiger partial charge in [-0.25, -0.2) is 0 Å². The Morgan fingerprint density at radius 2 is 1.91 bits per heavy atom. The molecular formula is C18H28N2O2. The molecule has 0 bridgehead atoms. The molecule has 0 spiro atoms. The molecule has 0 atom stereocenters. The summed E-state index contributed by atoms with van der Waals surface area (Å²) in [5.74, 6) is 1.57. The number of nitrogens with zero attached hydrogens (tertiary/aromatic N) is 2. The average Bonchev–Trinajstić information content (AvgIpc) is 2.48. The lowest BCUT2D eigenvalue weighted by atomic mass is 10.1. The van der Waals surface area contributed by atoms with Gasteiger partial charge in [0.05, 0.1) is 13.2 Å². The number of piperazine rings is 1. The van der Waals surface area contributed by atoms with E-state index < -0.39 is 0 Å². The van der Waals surface area contributed by atoms with Gasteiger partial charge in [0.25, 0.3) is 0 Å². The number of rotatable bonds is 6. The summed E-state index contributed by atoms with van der Waals surface area (Å²) in [7, 11) is 2.12. The Balaban J connectivity index is 1.94. The molecule has 1 saturated heterocycles. The Labute approximate surface area is 134 Å². The van der Waals surface area contributed by atoms with Crippen LogP contribution in [0.3, 0.4) is 0 Å². The van der Waals surface area contributed by atoms with Gasteiger partial charge in [0.1, 0.15) is 5.75 Å². The van der Waals surface area contributed by atoms with Crippen LogP contribution in [-0.4, -0.2) is 62.0 Å². The quantitative estimate of drug-likeness (QED) is 0.756. The van der Waals surface area contributed by atoms with Crippen LogP contribution < -0.4 is 4.74 Å². The van der Waals surface area contributed by atoms with Crippen molar-refractivity contribution in [1.29, 1.82) is 0 Å². The second-order valence-electron chi connectivity index (χ2n) is 6.69. The van der Waals surface area contributed by atoms with Crippen molar-refractivity contribution < 1.29 is 9.53 Å². The lowest BCUT2D eigenvalue weighted by molar-refractivity contribution is 0.0876. The molecule has 1 fully saturated rings. The maximum atomic E-state index is 12.4. The third kappa shape index (κ3) is 4.82. The maximum Gasteiger partial charge on any atom is 0.176 e. The zero-order valence-corrected chi connectivity index (χ0v) is 14.3. The van der Waals surface area contributed by atoms with E-state index in [0.717, 1.165) is 43.1 Å². The van der Waals surface area contributed by atoms with Crippen LogP contribution in [0.4, 0.5) is 0 Å². The van der Waals surface area contributed by atoms with Crippen LogP contribution >= 0.6 is 0 Å². The third-order valence-electron chi connectivity index (χ3n) is 4.03. The Kier molecular flexibility index (Phi) is 5.98. The van der Waals surface area contributed by atoms with Crippen LogP contribution in [0.5, 0.6) is 5.75 Å². The van der Waals surface area contributed by atoms with Gasteiger partial charge in [-0.3, -0.25) is 9.69 Å². The number of hydrogen-bond acceptors (Lipinski definition) is 4. The highest BCUT2D eigenvalue weighted by atomic mass is 16.5. The van der Waals surface area contributed by atoms with Crippen LogP contribution in [-0.2, 0) is 0 Å².